The average molecular weight is 656 g/mol. The molecule has 1 aromatic heterocycles. The molecule has 1 unspecified atom stereocenters. The number of benzene rings is 3. The van der Waals surface area contributed by atoms with Gasteiger partial charge in [0.05, 0.1) is 22.9 Å². The van der Waals surface area contributed by atoms with E-state index in [4.69, 9.17) is 30.5 Å². The van der Waals surface area contributed by atoms with Crippen LogP contribution in [0.3, 0.4) is 0 Å². The Hall–Kier alpha value is -2.80. The van der Waals surface area contributed by atoms with Crippen molar-refractivity contribution in [1.82, 2.24) is 4.98 Å². The second-order valence-electron chi connectivity index (χ2n) is 14.6. The van der Waals surface area contributed by atoms with E-state index in [9.17, 15) is 0 Å². The van der Waals surface area contributed by atoms with Gasteiger partial charge in [-0.3, -0.25) is 0 Å². The number of rotatable bonds is 11. The van der Waals surface area contributed by atoms with Crippen molar-refractivity contribution in [2.24, 2.45) is 0 Å². The molecule has 0 N–H and O–H groups in total. The Morgan fingerprint density at radius 3 is 2.48 bits per heavy atom. The summed E-state index contributed by atoms with van der Waals surface area (Å²) in [7, 11) is -2.07. The fourth-order valence-corrected chi connectivity index (χ4v) is 7.36. The molecule has 2 atom stereocenters. The summed E-state index contributed by atoms with van der Waals surface area (Å²) in [5, 5.41) is 1.87. The maximum Gasteiger partial charge on any atom is 0.192 e. The SMILES string of the molecule is CC(C)(OC1CCCCO1)c1ccccc1CC[C@H](O[Si](C)(C)C(C)(C)C)c1cccc(/C=C/c2ccc3ccc(Cl)cc3n2)c1. The van der Waals surface area contributed by atoms with Crippen molar-refractivity contribution in [1.29, 1.82) is 0 Å². The van der Waals surface area contributed by atoms with Gasteiger partial charge in [-0.15, -0.1) is 0 Å². The van der Waals surface area contributed by atoms with Gasteiger partial charge in [0.1, 0.15) is 0 Å². The Morgan fingerprint density at radius 1 is 0.935 bits per heavy atom. The Bertz CT molecular complexity index is 1650. The zero-order valence-electron chi connectivity index (χ0n) is 28.6. The van der Waals surface area contributed by atoms with Gasteiger partial charge >= 0.3 is 0 Å². The Labute approximate surface area is 282 Å². The van der Waals surface area contributed by atoms with Gasteiger partial charge in [0.2, 0.25) is 0 Å². The van der Waals surface area contributed by atoms with Crippen molar-refractivity contribution < 1.29 is 13.9 Å². The van der Waals surface area contributed by atoms with E-state index in [0.717, 1.165) is 60.9 Å². The number of ether oxygens (including phenoxy) is 2. The van der Waals surface area contributed by atoms with E-state index < -0.39 is 13.9 Å². The van der Waals surface area contributed by atoms with Gasteiger partial charge in [-0.05, 0) is 117 Å². The molecule has 6 heteroatoms. The minimum absolute atomic E-state index is 0.0334. The van der Waals surface area contributed by atoms with Gasteiger partial charge in [0.25, 0.3) is 0 Å². The van der Waals surface area contributed by atoms with E-state index in [1.54, 1.807) is 0 Å². The summed E-state index contributed by atoms with van der Waals surface area (Å²) in [5.41, 5.74) is 6.18. The summed E-state index contributed by atoms with van der Waals surface area (Å²) in [4.78, 5) is 4.80. The van der Waals surface area contributed by atoms with Crippen molar-refractivity contribution in [3.63, 3.8) is 0 Å². The lowest BCUT2D eigenvalue weighted by Gasteiger charge is -2.40. The molecular weight excluding hydrogens is 606 g/mol. The summed E-state index contributed by atoms with van der Waals surface area (Å²) < 4.78 is 19.7. The summed E-state index contributed by atoms with van der Waals surface area (Å²) in [5.74, 6) is 0. The first kappa shape index (κ1) is 34.5. The molecular formula is C40H50ClNO3Si. The zero-order valence-corrected chi connectivity index (χ0v) is 30.4. The number of nitrogens with zero attached hydrogens (tertiary/aromatic N) is 1. The highest BCUT2D eigenvalue weighted by Gasteiger charge is 2.39. The third-order valence-electron chi connectivity index (χ3n) is 9.55. The number of aromatic nitrogens is 1. The minimum Gasteiger partial charge on any atom is -0.410 e. The van der Waals surface area contributed by atoms with Crippen LogP contribution in [-0.2, 0) is 25.9 Å². The van der Waals surface area contributed by atoms with E-state index in [1.807, 2.05) is 24.3 Å². The third-order valence-corrected chi connectivity index (χ3v) is 14.3. The highest BCUT2D eigenvalue weighted by molar-refractivity contribution is 6.74. The highest BCUT2D eigenvalue weighted by Crippen LogP contribution is 2.41. The summed E-state index contributed by atoms with van der Waals surface area (Å²) in [6, 6.07) is 27.4. The molecule has 0 radical (unpaired) electrons. The van der Waals surface area contributed by atoms with Gasteiger partial charge in [-0.1, -0.05) is 93.0 Å². The second kappa shape index (κ2) is 14.5. The molecule has 0 spiro atoms. The predicted octanol–water partition coefficient (Wildman–Crippen LogP) is 11.5. The number of pyridine rings is 1. The first-order chi connectivity index (χ1) is 21.8. The molecule has 1 aliphatic heterocycles. The lowest BCUT2D eigenvalue weighted by molar-refractivity contribution is -0.219. The smallest absolute Gasteiger partial charge is 0.192 e. The minimum atomic E-state index is -2.07. The predicted molar refractivity (Wildman–Crippen MR) is 196 cm³/mol. The normalized spacial score (nSPS) is 17.1. The summed E-state index contributed by atoms with van der Waals surface area (Å²) >= 11 is 6.22. The van der Waals surface area contributed by atoms with E-state index in [1.165, 1.54) is 16.7 Å². The molecule has 244 valence electrons. The molecule has 4 aromatic rings. The molecule has 0 amide bonds. The van der Waals surface area contributed by atoms with Gasteiger partial charge in [-0.25, -0.2) is 4.98 Å². The molecule has 3 aromatic carbocycles. The molecule has 0 bridgehead atoms. The molecule has 0 aliphatic carbocycles. The standard InChI is InChI=1S/C40H50ClNO3Si/c1-39(2,3)46(6,7)45-37(25-21-30-14-8-9-16-35(30)40(4,5)44-38-17-10-11-26-43-38)32-15-12-13-29(27-32)18-23-34-24-20-31-19-22-33(41)28-36(31)42-34/h8-9,12-16,18-20,22-24,27-28,37-38H,10-11,17,21,25-26H2,1-7H3/b23-18+/t37-,38?/m0/s1. The van der Waals surface area contributed by atoms with Gasteiger partial charge < -0.3 is 13.9 Å². The molecule has 46 heavy (non-hydrogen) atoms. The number of aryl methyl sites for hydroxylation is 1. The lowest BCUT2D eigenvalue weighted by Crippen LogP contribution is -2.42. The Kier molecular flexibility index (Phi) is 10.9. The molecule has 1 fully saturated rings. The first-order valence-electron chi connectivity index (χ1n) is 16.7. The van der Waals surface area contributed by atoms with Crippen LogP contribution in [0.1, 0.15) is 94.4 Å². The van der Waals surface area contributed by atoms with Crippen LogP contribution >= 0.6 is 11.6 Å². The number of hydrogen-bond donors (Lipinski definition) is 0. The molecule has 4 nitrogen and oxygen atoms in total. The van der Waals surface area contributed by atoms with Crippen molar-refractivity contribution >= 4 is 43.0 Å². The first-order valence-corrected chi connectivity index (χ1v) is 20.0. The van der Waals surface area contributed by atoms with Gasteiger partial charge in [0, 0.05) is 17.0 Å². The molecule has 1 aliphatic rings. The van der Waals surface area contributed by atoms with Crippen molar-refractivity contribution in [2.45, 2.75) is 103 Å². The molecule has 1 saturated heterocycles. The highest BCUT2D eigenvalue weighted by atomic mass is 35.5. The fraction of sp³-hybridized carbons (Fsp3) is 0.425. The number of hydrogen-bond acceptors (Lipinski definition) is 4. The maximum absolute atomic E-state index is 7.17. The van der Waals surface area contributed by atoms with Crippen molar-refractivity contribution in [2.75, 3.05) is 6.61 Å². The van der Waals surface area contributed by atoms with Crippen LogP contribution < -0.4 is 0 Å². The number of halogens is 1. The van der Waals surface area contributed by atoms with Crippen LogP contribution in [0.2, 0.25) is 23.2 Å². The Morgan fingerprint density at radius 2 is 1.72 bits per heavy atom. The topological polar surface area (TPSA) is 40.6 Å². The number of fused-ring (bicyclic) bond motifs is 1. The van der Waals surface area contributed by atoms with Crippen molar-refractivity contribution in [3.05, 3.63) is 112 Å². The van der Waals surface area contributed by atoms with Crippen LogP contribution in [-0.4, -0.2) is 26.2 Å². The maximum atomic E-state index is 7.17. The summed E-state index contributed by atoms with van der Waals surface area (Å²) in [6.45, 7) is 16.7. The van der Waals surface area contributed by atoms with Crippen LogP contribution in [0.4, 0.5) is 0 Å². The van der Waals surface area contributed by atoms with Crippen LogP contribution in [0, 0.1) is 0 Å². The van der Waals surface area contributed by atoms with Crippen LogP contribution in [0.15, 0.2) is 78.9 Å². The van der Waals surface area contributed by atoms with Crippen molar-refractivity contribution in [3.8, 4) is 0 Å². The van der Waals surface area contributed by atoms with E-state index in [-0.39, 0.29) is 17.4 Å². The lowest BCUT2D eigenvalue weighted by atomic mass is 9.89. The van der Waals surface area contributed by atoms with Crippen LogP contribution in [0.25, 0.3) is 23.1 Å². The zero-order chi connectivity index (χ0) is 33.0. The average Bonchev–Trinajstić information content (AvgIpc) is 3.02. The fourth-order valence-electron chi connectivity index (χ4n) is 5.88. The second-order valence-corrected chi connectivity index (χ2v) is 19.8. The van der Waals surface area contributed by atoms with E-state index >= 15 is 0 Å². The third kappa shape index (κ3) is 8.75. The molecule has 0 saturated carbocycles. The van der Waals surface area contributed by atoms with Gasteiger partial charge in [0.15, 0.2) is 14.6 Å². The van der Waals surface area contributed by atoms with E-state index in [2.05, 4.69) is 114 Å². The van der Waals surface area contributed by atoms with Crippen LogP contribution in [0.5, 0.6) is 0 Å². The Balaban J connectivity index is 1.39. The van der Waals surface area contributed by atoms with E-state index in [0.29, 0.717) is 5.02 Å². The monoisotopic (exact) mass is 655 g/mol. The largest absolute Gasteiger partial charge is 0.410 e. The quantitative estimate of drug-likeness (QED) is 0.151. The van der Waals surface area contributed by atoms with Gasteiger partial charge in [-0.2, -0.15) is 0 Å². The molecule has 2 heterocycles. The molecule has 5 rings (SSSR count). The summed E-state index contributed by atoms with van der Waals surface area (Å²) in [6.07, 6.45) is 8.99.